The fourth-order valence-corrected chi connectivity index (χ4v) is 6.51. The lowest BCUT2D eigenvalue weighted by Gasteiger charge is -2.53. The Labute approximate surface area is 166 Å². The van der Waals surface area contributed by atoms with Crippen LogP contribution in [0, 0.1) is 0 Å². The van der Waals surface area contributed by atoms with Crippen molar-refractivity contribution < 1.29 is 21.6 Å². The minimum absolute atomic E-state index is 0.0377. The van der Waals surface area contributed by atoms with Crippen molar-refractivity contribution in [1.82, 2.24) is 14.5 Å². The molecule has 27 heavy (non-hydrogen) atoms. The topological polar surface area (TPSA) is 97.0 Å². The summed E-state index contributed by atoms with van der Waals surface area (Å²) in [6.07, 6.45) is 5.46. The van der Waals surface area contributed by atoms with Gasteiger partial charge >= 0.3 is 0 Å². The molecule has 0 amide bonds. The molecule has 2 rings (SSSR count). The van der Waals surface area contributed by atoms with Crippen LogP contribution in [0.1, 0.15) is 66.2 Å². The molecule has 0 aromatic rings. The summed E-state index contributed by atoms with van der Waals surface area (Å²) in [6, 6.07) is -0.116. The Morgan fingerprint density at radius 1 is 1.07 bits per heavy atom. The van der Waals surface area contributed by atoms with Crippen molar-refractivity contribution in [1.29, 1.82) is 0 Å². The Kier molecular flexibility index (Phi) is 7.49. The maximum Gasteiger partial charge on any atom is 0.234 e. The summed E-state index contributed by atoms with van der Waals surface area (Å²) in [6.45, 7) is 8.44. The first-order valence-electron chi connectivity index (χ1n) is 9.49. The Morgan fingerprint density at radius 3 is 2.19 bits per heavy atom. The van der Waals surface area contributed by atoms with Gasteiger partial charge in [-0.25, -0.2) is 22.1 Å². The van der Waals surface area contributed by atoms with Crippen LogP contribution in [0.2, 0.25) is 0 Å². The molecule has 0 aromatic heterocycles. The third kappa shape index (κ3) is 6.73. The zero-order valence-corrected chi connectivity index (χ0v) is 18.9. The second kappa shape index (κ2) is 8.73. The number of hydroxylamine groups is 2. The molecule has 2 fully saturated rings. The summed E-state index contributed by atoms with van der Waals surface area (Å²) in [7, 11) is -1.56. The fourth-order valence-electron chi connectivity index (χ4n) is 4.77. The monoisotopic (exact) mass is 425 g/mol. The molecule has 0 radical (unpaired) electrons. The molecule has 3 atom stereocenters. The molecule has 10 heteroatoms. The highest BCUT2D eigenvalue weighted by Gasteiger charge is 2.46. The van der Waals surface area contributed by atoms with Gasteiger partial charge in [0.1, 0.15) is 0 Å². The van der Waals surface area contributed by atoms with E-state index in [4.69, 9.17) is 9.02 Å². The van der Waals surface area contributed by atoms with E-state index >= 15 is 0 Å². The highest BCUT2D eigenvalue weighted by atomic mass is 32.2. The predicted octanol–water partition coefficient (Wildman–Crippen LogP) is 1.61. The SMILES string of the molecule is CON1C(C)(C)CC(NS(=O)OC2CCCC(NS(C)(=O)=O)C2)CC1(C)C. The van der Waals surface area contributed by atoms with E-state index in [1.807, 2.05) is 5.06 Å². The van der Waals surface area contributed by atoms with Gasteiger partial charge in [-0.3, -0.25) is 4.18 Å². The van der Waals surface area contributed by atoms with E-state index in [1.54, 1.807) is 7.11 Å². The van der Waals surface area contributed by atoms with Crippen LogP contribution in [0.15, 0.2) is 0 Å². The van der Waals surface area contributed by atoms with Gasteiger partial charge in [0.15, 0.2) is 0 Å². The first-order valence-corrected chi connectivity index (χ1v) is 12.5. The quantitative estimate of drug-likeness (QED) is 0.643. The van der Waals surface area contributed by atoms with Gasteiger partial charge < -0.3 is 4.84 Å². The van der Waals surface area contributed by atoms with E-state index in [0.717, 1.165) is 38.4 Å². The van der Waals surface area contributed by atoms with E-state index < -0.39 is 21.3 Å². The first kappa shape index (κ1) is 23.2. The molecule has 8 nitrogen and oxygen atoms in total. The maximum absolute atomic E-state index is 12.5. The number of piperidine rings is 1. The van der Waals surface area contributed by atoms with Crippen molar-refractivity contribution in [2.24, 2.45) is 0 Å². The Hall–Kier alpha value is -0.100. The zero-order valence-electron chi connectivity index (χ0n) is 17.3. The minimum atomic E-state index is -3.25. The highest BCUT2D eigenvalue weighted by molar-refractivity contribution is 7.88. The van der Waals surface area contributed by atoms with Crippen molar-refractivity contribution in [3.8, 4) is 0 Å². The molecule has 160 valence electrons. The van der Waals surface area contributed by atoms with Gasteiger partial charge in [-0.15, -0.1) is 0 Å². The summed E-state index contributed by atoms with van der Waals surface area (Å²) in [5.74, 6) is 0. The predicted molar refractivity (Wildman–Crippen MR) is 106 cm³/mol. The van der Waals surface area contributed by atoms with Crippen molar-refractivity contribution >= 4 is 21.3 Å². The maximum atomic E-state index is 12.5. The smallest absolute Gasteiger partial charge is 0.234 e. The summed E-state index contributed by atoms with van der Waals surface area (Å²) < 4.78 is 46.8. The molecule has 1 aliphatic heterocycles. The van der Waals surface area contributed by atoms with Crippen LogP contribution in [0.5, 0.6) is 0 Å². The molecule has 1 saturated carbocycles. The Bertz CT molecular complexity index is 620. The highest BCUT2D eigenvalue weighted by Crippen LogP contribution is 2.38. The van der Waals surface area contributed by atoms with Crippen LogP contribution >= 0.6 is 0 Å². The average molecular weight is 426 g/mol. The summed E-state index contributed by atoms with van der Waals surface area (Å²) >= 11 is -1.62. The van der Waals surface area contributed by atoms with Crippen molar-refractivity contribution in [3.05, 3.63) is 0 Å². The summed E-state index contributed by atoms with van der Waals surface area (Å²) in [4.78, 5) is 5.59. The van der Waals surface area contributed by atoms with E-state index in [-0.39, 0.29) is 29.3 Å². The summed E-state index contributed by atoms with van der Waals surface area (Å²) in [5.41, 5.74) is -0.401. The number of sulfonamides is 1. The number of nitrogens with zero attached hydrogens (tertiary/aromatic N) is 1. The van der Waals surface area contributed by atoms with Crippen LogP contribution in [0.25, 0.3) is 0 Å². The molecule has 1 heterocycles. The molecular weight excluding hydrogens is 390 g/mol. The lowest BCUT2D eigenvalue weighted by Crippen LogP contribution is -2.63. The number of nitrogens with one attached hydrogen (secondary N) is 2. The minimum Gasteiger partial charge on any atom is -0.301 e. The Morgan fingerprint density at radius 2 is 1.67 bits per heavy atom. The molecule has 3 unspecified atom stereocenters. The number of rotatable bonds is 7. The number of hydrogen-bond donors (Lipinski definition) is 2. The molecule has 2 aliphatic rings. The molecule has 0 aromatic carbocycles. The molecule has 2 N–H and O–H groups in total. The van der Waals surface area contributed by atoms with Gasteiger partial charge in [0.25, 0.3) is 0 Å². The standard InChI is InChI=1S/C17H35N3O5S2/c1-16(2)11-14(12-17(3,4)20(16)24-5)18-26(21)25-15-9-7-8-13(10-15)19-27(6,22)23/h13-15,18-19H,7-12H2,1-6H3. The second-order valence-electron chi connectivity index (χ2n) is 9.03. The van der Waals surface area contributed by atoms with Crippen molar-refractivity contribution in [2.75, 3.05) is 13.4 Å². The van der Waals surface area contributed by atoms with Gasteiger partial charge in [0.2, 0.25) is 21.3 Å². The van der Waals surface area contributed by atoms with E-state index in [0.29, 0.717) is 6.42 Å². The molecule has 0 bridgehead atoms. The molecular formula is C17H35N3O5S2. The van der Waals surface area contributed by atoms with E-state index in [1.165, 1.54) is 0 Å². The fraction of sp³-hybridized carbons (Fsp3) is 1.00. The van der Waals surface area contributed by atoms with Gasteiger partial charge in [0.05, 0.1) is 19.5 Å². The Balaban J connectivity index is 1.90. The average Bonchev–Trinajstić information content (AvgIpc) is 2.42. The van der Waals surface area contributed by atoms with Crippen LogP contribution in [0.4, 0.5) is 0 Å². The van der Waals surface area contributed by atoms with Crippen molar-refractivity contribution in [2.45, 2.75) is 95.5 Å². The van der Waals surface area contributed by atoms with E-state index in [9.17, 15) is 12.6 Å². The normalized spacial score (nSPS) is 30.9. The first-order chi connectivity index (χ1) is 12.3. The second-order valence-corrected chi connectivity index (χ2v) is 11.7. The van der Waals surface area contributed by atoms with Gasteiger partial charge in [-0.2, -0.15) is 5.06 Å². The zero-order chi connectivity index (χ0) is 20.5. The molecule has 1 saturated heterocycles. The molecule has 1 aliphatic carbocycles. The van der Waals surface area contributed by atoms with Crippen LogP contribution < -0.4 is 9.44 Å². The van der Waals surface area contributed by atoms with Gasteiger partial charge in [-0.05, 0) is 66.2 Å². The summed E-state index contributed by atoms with van der Waals surface area (Å²) in [5, 5.41) is 2.00. The third-order valence-corrected chi connectivity index (χ3v) is 7.00. The molecule has 0 spiro atoms. The van der Waals surface area contributed by atoms with Crippen LogP contribution in [0.3, 0.4) is 0 Å². The van der Waals surface area contributed by atoms with Gasteiger partial charge in [0, 0.05) is 23.2 Å². The van der Waals surface area contributed by atoms with Gasteiger partial charge in [-0.1, -0.05) is 0 Å². The van der Waals surface area contributed by atoms with Crippen LogP contribution in [-0.2, 0) is 30.3 Å². The van der Waals surface area contributed by atoms with Crippen LogP contribution in [-0.4, -0.2) is 60.3 Å². The van der Waals surface area contributed by atoms with Crippen molar-refractivity contribution in [3.63, 3.8) is 0 Å². The lowest BCUT2D eigenvalue weighted by molar-refractivity contribution is -0.266. The largest absolute Gasteiger partial charge is 0.301 e. The number of hydrogen-bond acceptors (Lipinski definition) is 6. The van der Waals surface area contributed by atoms with E-state index in [2.05, 4.69) is 37.1 Å². The lowest BCUT2D eigenvalue weighted by atomic mass is 9.79. The third-order valence-electron chi connectivity index (χ3n) is 5.27.